The lowest BCUT2D eigenvalue weighted by Gasteiger charge is -2.33. The zero-order valence-electron chi connectivity index (χ0n) is 12.2. The third-order valence-electron chi connectivity index (χ3n) is 3.35. The van der Waals surface area contributed by atoms with Crippen LogP contribution in [0, 0.1) is 11.6 Å². The molecule has 2 nitrogen and oxygen atoms in total. The zero-order chi connectivity index (χ0) is 14.7. The van der Waals surface area contributed by atoms with E-state index in [1.54, 1.807) is 0 Å². The van der Waals surface area contributed by atoms with Crippen LogP contribution in [-0.2, 0) is 6.54 Å². The van der Waals surface area contributed by atoms with Crippen molar-refractivity contribution in [1.29, 1.82) is 0 Å². The lowest BCUT2D eigenvalue weighted by molar-refractivity contribution is 0.553. The molecule has 1 aliphatic rings. The number of rotatable bonds is 4. The Morgan fingerprint density at radius 3 is 2.55 bits per heavy atom. The fraction of sp³-hybridized carbons (Fsp3) is 0.600. The molecule has 0 aliphatic carbocycles. The second-order valence-corrected chi connectivity index (χ2v) is 7.12. The highest BCUT2D eigenvalue weighted by molar-refractivity contribution is 8.00. The van der Waals surface area contributed by atoms with E-state index in [1.807, 2.05) is 30.5 Å². The maximum absolute atomic E-state index is 14.2. The molecule has 2 rings (SSSR count). The largest absolute Gasteiger partial charge is 0.365 e. The Morgan fingerprint density at radius 2 is 2.00 bits per heavy atom. The summed E-state index contributed by atoms with van der Waals surface area (Å²) >= 11 is 1.85. The number of hydrogen-bond acceptors (Lipinski definition) is 3. The summed E-state index contributed by atoms with van der Waals surface area (Å²) in [5.41, 5.74) is 0.780. The normalized spacial score (nSPS) is 19.7. The van der Waals surface area contributed by atoms with Gasteiger partial charge in [-0.25, -0.2) is 8.78 Å². The molecular formula is C15H22F2N2S. The molecule has 1 aromatic carbocycles. The highest BCUT2D eigenvalue weighted by Crippen LogP contribution is 2.29. The molecular weight excluding hydrogens is 278 g/mol. The Kier molecular flexibility index (Phi) is 5.27. The zero-order valence-corrected chi connectivity index (χ0v) is 13.1. The van der Waals surface area contributed by atoms with Crippen molar-refractivity contribution in [2.24, 2.45) is 0 Å². The molecule has 0 saturated carbocycles. The van der Waals surface area contributed by atoms with Crippen molar-refractivity contribution < 1.29 is 8.78 Å². The summed E-state index contributed by atoms with van der Waals surface area (Å²) in [5.74, 6) is 0.00535. The Morgan fingerprint density at radius 1 is 1.35 bits per heavy atom. The topological polar surface area (TPSA) is 15.3 Å². The summed E-state index contributed by atoms with van der Waals surface area (Å²) in [7, 11) is 0. The minimum atomic E-state index is -0.454. The summed E-state index contributed by atoms with van der Waals surface area (Å²) in [6.07, 6.45) is 0. The quantitative estimate of drug-likeness (QED) is 0.917. The van der Waals surface area contributed by atoms with Gasteiger partial charge in [0.1, 0.15) is 17.3 Å². The van der Waals surface area contributed by atoms with Crippen LogP contribution < -0.4 is 10.2 Å². The predicted octanol–water partition coefficient (Wildman–Crippen LogP) is 3.40. The van der Waals surface area contributed by atoms with Crippen molar-refractivity contribution >= 4 is 17.4 Å². The lowest BCUT2D eigenvalue weighted by Crippen LogP contribution is -2.37. The molecule has 1 aromatic rings. The predicted molar refractivity (Wildman–Crippen MR) is 82.5 cm³/mol. The molecule has 1 unspecified atom stereocenters. The van der Waals surface area contributed by atoms with Crippen LogP contribution in [-0.4, -0.2) is 30.1 Å². The third-order valence-corrected chi connectivity index (χ3v) is 4.48. The van der Waals surface area contributed by atoms with Crippen LogP contribution in [0.4, 0.5) is 14.5 Å². The Balaban J connectivity index is 2.17. The van der Waals surface area contributed by atoms with Gasteiger partial charge in [-0.05, 0) is 17.7 Å². The Hall–Kier alpha value is -0.810. The molecule has 20 heavy (non-hydrogen) atoms. The van der Waals surface area contributed by atoms with Gasteiger partial charge in [0.2, 0.25) is 0 Å². The van der Waals surface area contributed by atoms with Gasteiger partial charge in [-0.15, -0.1) is 0 Å². The van der Waals surface area contributed by atoms with Gasteiger partial charge in [-0.3, -0.25) is 0 Å². The van der Waals surface area contributed by atoms with Crippen molar-refractivity contribution in [3.05, 3.63) is 29.3 Å². The minimum absolute atomic E-state index is 0.130. The second-order valence-electron chi connectivity index (χ2n) is 5.57. The molecule has 112 valence electrons. The first kappa shape index (κ1) is 15.6. The number of benzene rings is 1. The van der Waals surface area contributed by atoms with Gasteiger partial charge in [-0.1, -0.05) is 20.8 Å². The van der Waals surface area contributed by atoms with Gasteiger partial charge in [0.05, 0.1) is 0 Å². The van der Waals surface area contributed by atoms with Gasteiger partial charge >= 0.3 is 0 Å². The summed E-state index contributed by atoms with van der Waals surface area (Å²) in [4.78, 5) is 1.82. The van der Waals surface area contributed by atoms with Crippen molar-refractivity contribution in [1.82, 2.24) is 5.32 Å². The van der Waals surface area contributed by atoms with Crippen LogP contribution >= 0.6 is 11.8 Å². The van der Waals surface area contributed by atoms with E-state index in [4.69, 9.17) is 0 Å². The minimum Gasteiger partial charge on any atom is -0.365 e. The summed E-state index contributed by atoms with van der Waals surface area (Å²) in [6.45, 7) is 7.99. The van der Waals surface area contributed by atoms with Crippen LogP contribution in [0.5, 0.6) is 0 Å². The molecule has 1 N–H and O–H groups in total. The number of nitrogens with zero attached hydrogens (tertiary/aromatic N) is 1. The highest BCUT2D eigenvalue weighted by atomic mass is 32.2. The third kappa shape index (κ3) is 3.85. The molecule has 0 bridgehead atoms. The van der Waals surface area contributed by atoms with Crippen molar-refractivity contribution in [2.45, 2.75) is 38.6 Å². The van der Waals surface area contributed by atoms with Gasteiger partial charge < -0.3 is 10.2 Å². The smallest absolute Gasteiger partial charge is 0.149 e. The van der Waals surface area contributed by atoms with E-state index in [0.29, 0.717) is 36.5 Å². The summed E-state index contributed by atoms with van der Waals surface area (Å²) < 4.78 is 28.5. The highest BCUT2D eigenvalue weighted by Gasteiger charge is 2.23. The average molecular weight is 300 g/mol. The fourth-order valence-electron chi connectivity index (χ4n) is 2.37. The number of anilines is 1. The van der Waals surface area contributed by atoms with E-state index in [0.717, 1.165) is 5.75 Å². The average Bonchev–Trinajstić information content (AvgIpc) is 2.35. The second kappa shape index (κ2) is 6.76. The molecule has 1 heterocycles. The van der Waals surface area contributed by atoms with E-state index in [9.17, 15) is 8.78 Å². The molecule has 0 amide bonds. The van der Waals surface area contributed by atoms with Crippen molar-refractivity contribution in [2.75, 3.05) is 23.7 Å². The molecule has 0 spiro atoms. The molecule has 1 aliphatic heterocycles. The molecule has 0 aromatic heterocycles. The Bertz CT molecular complexity index is 442. The van der Waals surface area contributed by atoms with E-state index in [2.05, 4.69) is 12.2 Å². The van der Waals surface area contributed by atoms with E-state index in [-0.39, 0.29) is 5.69 Å². The van der Waals surface area contributed by atoms with E-state index in [1.165, 1.54) is 12.1 Å². The number of hydrogen-bond donors (Lipinski definition) is 1. The van der Waals surface area contributed by atoms with Crippen molar-refractivity contribution in [3.63, 3.8) is 0 Å². The molecule has 5 heteroatoms. The van der Waals surface area contributed by atoms with E-state index < -0.39 is 11.6 Å². The SMILES string of the molecule is CC(C)NCc1cc(F)c(N2CCSC(C)C2)c(F)c1. The monoisotopic (exact) mass is 300 g/mol. The van der Waals surface area contributed by atoms with Gasteiger partial charge in [-0.2, -0.15) is 11.8 Å². The molecule has 0 radical (unpaired) electrons. The maximum atomic E-state index is 14.2. The van der Waals surface area contributed by atoms with Gasteiger partial charge in [0, 0.05) is 36.7 Å². The molecule has 1 atom stereocenters. The fourth-order valence-corrected chi connectivity index (χ4v) is 3.38. The summed E-state index contributed by atoms with van der Waals surface area (Å²) in [6, 6.07) is 3.18. The van der Waals surface area contributed by atoms with Crippen LogP contribution in [0.15, 0.2) is 12.1 Å². The van der Waals surface area contributed by atoms with Gasteiger partial charge in [0.25, 0.3) is 0 Å². The number of halogens is 2. The summed E-state index contributed by atoms with van der Waals surface area (Å²) in [5, 5.41) is 3.58. The Labute approximate surface area is 123 Å². The number of nitrogens with one attached hydrogen (secondary N) is 1. The van der Waals surface area contributed by atoms with E-state index >= 15 is 0 Å². The van der Waals surface area contributed by atoms with Crippen LogP contribution in [0.2, 0.25) is 0 Å². The van der Waals surface area contributed by atoms with Crippen LogP contribution in [0.25, 0.3) is 0 Å². The first-order valence-electron chi connectivity index (χ1n) is 7.05. The van der Waals surface area contributed by atoms with Crippen molar-refractivity contribution in [3.8, 4) is 0 Å². The van der Waals surface area contributed by atoms with Crippen LogP contribution in [0.3, 0.4) is 0 Å². The van der Waals surface area contributed by atoms with Gasteiger partial charge in [0.15, 0.2) is 0 Å². The number of thioether (sulfide) groups is 1. The maximum Gasteiger partial charge on any atom is 0.149 e. The molecule has 1 fully saturated rings. The standard InChI is InChI=1S/C15H22F2N2S/c1-10(2)18-8-12-6-13(16)15(14(17)7-12)19-4-5-20-11(3)9-19/h6-7,10-11,18H,4-5,8-9H2,1-3H3. The first-order chi connectivity index (χ1) is 9.47. The van der Waals surface area contributed by atoms with Crippen LogP contribution in [0.1, 0.15) is 26.3 Å². The lowest BCUT2D eigenvalue weighted by atomic mass is 10.1. The first-order valence-corrected chi connectivity index (χ1v) is 8.10. The molecule has 1 saturated heterocycles.